The van der Waals surface area contributed by atoms with Gasteiger partial charge in [-0.2, -0.15) is 0 Å². The van der Waals surface area contributed by atoms with Crippen molar-refractivity contribution < 1.29 is 0 Å². The Morgan fingerprint density at radius 2 is 1.67 bits per heavy atom. The molecule has 0 amide bonds. The molecule has 0 spiro atoms. The number of aromatic nitrogens is 2. The minimum atomic E-state index is 0.700. The molecule has 0 saturated carbocycles. The van der Waals surface area contributed by atoms with Crippen LogP contribution >= 0.6 is 0 Å². The fraction of sp³-hybridized carbons (Fsp3) is 0.167. The van der Waals surface area contributed by atoms with E-state index in [2.05, 4.69) is 9.97 Å². The predicted octanol–water partition coefficient (Wildman–Crippen LogP) is 1.66. The van der Waals surface area contributed by atoms with Crippen molar-refractivity contribution in [1.29, 1.82) is 0 Å². The Kier molecular flexibility index (Phi) is 5.78. The molecule has 78 valence electrons. The van der Waals surface area contributed by atoms with Crippen molar-refractivity contribution in [3.8, 4) is 0 Å². The maximum atomic E-state index is 5.33. The first-order valence-electron chi connectivity index (χ1n) is 4.87. The van der Waals surface area contributed by atoms with Crippen molar-refractivity contribution >= 4 is 0 Å². The zero-order chi connectivity index (χ0) is 10.8. The zero-order valence-corrected chi connectivity index (χ0v) is 8.58. The molecule has 0 aliphatic carbocycles. The quantitative estimate of drug-likeness (QED) is 0.804. The smallest absolute Gasteiger partial charge is 0.0300 e. The molecule has 0 aliphatic rings. The van der Waals surface area contributed by atoms with E-state index in [0.29, 0.717) is 6.54 Å². The number of pyridine rings is 2. The molecular weight excluding hydrogens is 186 g/mol. The number of rotatable bonds is 2. The Bertz CT molecular complexity index is 308. The van der Waals surface area contributed by atoms with E-state index in [1.807, 2.05) is 36.5 Å². The number of hydrogen-bond acceptors (Lipinski definition) is 3. The molecule has 0 aliphatic heterocycles. The Labute approximate surface area is 90.0 Å². The molecule has 2 aromatic heterocycles. The summed E-state index contributed by atoms with van der Waals surface area (Å²) in [4.78, 5) is 7.73. The molecule has 2 N–H and O–H groups in total. The maximum Gasteiger partial charge on any atom is 0.0300 e. The highest BCUT2D eigenvalue weighted by Crippen LogP contribution is 1.93. The van der Waals surface area contributed by atoms with Gasteiger partial charge in [0.2, 0.25) is 0 Å². The highest BCUT2D eigenvalue weighted by molar-refractivity contribution is 5.08. The fourth-order valence-electron chi connectivity index (χ4n) is 1.03. The molecule has 0 unspecified atom stereocenters. The van der Waals surface area contributed by atoms with E-state index < -0.39 is 0 Å². The van der Waals surface area contributed by atoms with Crippen LogP contribution in [-0.2, 0) is 6.42 Å². The third-order valence-corrected chi connectivity index (χ3v) is 1.72. The lowest BCUT2D eigenvalue weighted by Crippen LogP contribution is -2.02. The molecule has 0 fully saturated rings. The molecule has 0 bridgehead atoms. The summed E-state index contributed by atoms with van der Waals surface area (Å²) in [5.74, 6) is 0. The van der Waals surface area contributed by atoms with E-state index in [1.54, 1.807) is 18.6 Å². The summed E-state index contributed by atoms with van der Waals surface area (Å²) >= 11 is 0. The van der Waals surface area contributed by atoms with Gasteiger partial charge in [-0.3, -0.25) is 9.97 Å². The van der Waals surface area contributed by atoms with Gasteiger partial charge in [-0.25, -0.2) is 0 Å². The lowest BCUT2D eigenvalue weighted by atomic mass is 10.2. The first kappa shape index (κ1) is 11.3. The molecule has 15 heavy (non-hydrogen) atoms. The van der Waals surface area contributed by atoms with Gasteiger partial charge in [-0.1, -0.05) is 12.1 Å². The largest absolute Gasteiger partial charge is 0.330 e. The van der Waals surface area contributed by atoms with Gasteiger partial charge in [-0.15, -0.1) is 0 Å². The molecule has 2 heterocycles. The molecule has 0 atom stereocenters. The summed E-state index contributed by atoms with van der Waals surface area (Å²) < 4.78 is 0. The van der Waals surface area contributed by atoms with Gasteiger partial charge in [0.25, 0.3) is 0 Å². The van der Waals surface area contributed by atoms with Gasteiger partial charge in [0.1, 0.15) is 0 Å². The monoisotopic (exact) mass is 201 g/mol. The van der Waals surface area contributed by atoms with E-state index in [1.165, 1.54) is 5.56 Å². The molecule has 3 heteroatoms. The van der Waals surface area contributed by atoms with Crippen LogP contribution in [-0.4, -0.2) is 16.5 Å². The minimum absolute atomic E-state index is 0.700. The Balaban J connectivity index is 0.000000162. The van der Waals surface area contributed by atoms with E-state index in [0.717, 1.165) is 6.42 Å². The van der Waals surface area contributed by atoms with Crippen LogP contribution in [0.5, 0.6) is 0 Å². The zero-order valence-electron chi connectivity index (χ0n) is 8.58. The van der Waals surface area contributed by atoms with Crippen molar-refractivity contribution in [2.75, 3.05) is 6.54 Å². The molecule has 0 aromatic carbocycles. The maximum absolute atomic E-state index is 5.33. The Hall–Kier alpha value is -1.74. The van der Waals surface area contributed by atoms with Crippen LogP contribution < -0.4 is 5.73 Å². The first-order chi connectivity index (χ1) is 7.43. The number of nitrogens with two attached hydrogens (primary N) is 1. The van der Waals surface area contributed by atoms with Gasteiger partial charge < -0.3 is 5.73 Å². The second kappa shape index (κ2) is 7.64. The third kappa shape index (κ3) is 5.54. The summed E-state index contributed by atoms with van der Waals surface area (Å²) in [6, 6.07) is 9.66. The van der Waals surface area contributed by atoms with E-state index >= 15 is 0 Å². The van der Waals surface area contributed by atoms with Crippen molar-refractivity contribution in [3.63, 3.8) is 0 Å². The van der Waals surface area contributed by atoms with Gasteiger partial charge >= 0.3 is 0 Å². The first-order valence-corrected chi connectivity index (χ1v) is 4.87. The van der Waals surface area contributed by atoms with E-state index in [-0.39, 0.29) is 0 Å². The van der Waals surface area contributed by atoms with E-state index in [9.17, 15) is 0 Å². The van der Waals surface area contributed by atoms with Crippen LogP contribution in [0.4, 0.5) is 0 Å². The van der Waals surface area contributed by atoms with E-state index in [4.69, 9.17) is 5.73 Å². The summed E-state index contributed by atoms with van der Waals surface area (Å²) in [5.41, 5.74) is 6.54. The van der Waals surface area contributed by atoms with Crippen LogP contribution in [0.15, 0.2) is 55.1 Å². The molecule has 3 nitrogen and oxygen atoms in total. The minimum Gasteiger partial charge on any atom is -0.330 e. The Morgan fingerprint density at radius 1 is 0.933 bits per heavy atom. The third-order valence-electron chi connectivity index (χ3n) is 1.72. The van der Waals surface area contributed by atoms with Crippen molar-refractivity contribution in [2.24, 2.45) is 5.73 Å². The standard InChI is InChI=1S/C7H10N2.C5H5N/c8-4-3-7-2-1-5-9-6-7;1-2-4-6-5-3-1/h1-2,5-6H,3-4,8H2;1-5H. The van der Waals surface area contributed by atoms with Gasteiger partial charge in [0, 0.05) is 24.8 Å². The van der Waals surface area contributed by atoms with Crippen LogP contribution in [0.1, 0.15) is 5.56 Å². The SMILES string of the molecule is NCCc1cccnc1.c1ccncc1. The second-order valence-electron chi connectivity index (χ2n) is 2.92. The summed E-state index contributed by atoms with van der Waals surface area (Å²) in [6.45, 7) is 0.700. The van der Waals surface area contributed by atoms with Crippen molar-refractivity contribution in [2.45, 2.75) is 6.42 Å². The fourth-order valence-corrected chi connectivity index (χ4v) is 1.03. The van der Waals surface area contributed by atoms with Crippen LogP contribution in [0.2, 0.25) is 0 Å². The Morgan fingerprint density at radius 3 is 2.07 bits per heavy atom. The normalized spacial score (nSPS) is 8.87. The summed E-state index contributed by atoms with van der Waals surface area (Å²) in [7, 11) is 0. The molecule has 0 saturated heterocycles. The number of hydrogen-bond donors (Lipinski definition) is 1. The lowest BCUT2D eigenvalue weighted by molar-refractivity contribution is 0.959. The van der Waals surface area contributed by atoms with Crippen LogP contribution in [0, 0.1) is 0 Å². The van der Waals surface area contributed by atoms with Gasteiger partial charge in [0.15, 0.2) is 0 Å². The van der Waals surface area contributed by atoms with Gasteiger partial charge in [-0.05, 0) is 36.7 Å². The molecule has 0 radical (unpaired) electrons. The molecule has 2 rings (SSSR count). The lowest BCUT2D eigenvalue weighted by Gasteiger charge is -1.93. The average Bonchev–Trinajstić information content (AvgIpc) is 2.34. The van der Waals surface area contributed by atoms with Crippen molar-refractivity contribution in [1.82, 2.24) is 9.97 Å². The average molecular weight is 201 g/mol. The molecule has 2 aromatic rings. The predicted molar refractivity (Wildman–Crippen MR) is 61.2 cm³/mol. The number of nitrogens with zero attached hydrogens (tertiary/aromatic N) is 2. The molecular formula is C12H15N3. The topological polar surface area (TPSA) is 51.8 Å². The van der Waals surface area contributed by atoms with Crippen molar-refractivity contribution in [3.05, 3.63) is 60.7 Å². The van der Waals surface area contributed by atoms with Gasteiger partial charge in [0.05, 0.1) is 0 Å². The summed E-state index contributed by atoms with van der Waals surface area (Å²) in [6.07, 6.45) is 8.03. The van der Waals surface area contributed by atoms with Crippen LogP contribution in [0.25, 0.3) is 0 Å². The second-order valence-corrected chi connectivity index (χ2v) is 2.92. The summed E-state index contributed by atoms with van der Waals surface area (Å²) in [5, 5.41) is 0. The van der Waals surface area contributed by atoms with Crippen LogP contribution in [0.3, 0.4) is 0 Å². The highest BCUT2D eigenvalue weighted by Gasteiger charge is 1.85. The highest BCUT2D eigenvalue weighted by atomic mass is 14.6.